The lowest BCUT2D eigenvalue weighted by Gasteiger charge is -2.30. The smallest absolute Gasteiger partial charge is 0.0713 e. The second-order valence-corrected chi connectivity index (χ2v) is 3.39. The van der Waals surface area contributed by atoms with Crippen molar-refractivity contribution in [3.8, 4) is 0 Å². The summed E-state index contributed by atoms with van der Waals surface area (Å²) in [5.41, 5.74) is 5.56. The van der Waals surface area contributed by atoms with Gasteiger partial charge in [0.2, 0.25) is 0 Å². The van der Waals surface area contributed by atoms with Gasteiger partial charge in [0.25, 0.3) is 0 Å². The number of ether oxygens (including phenoxy) is 2. The maximum atomic E-state index is 5.55. The SMILES string of the molecule is COC1(CCN)CCCOCC1. The fourth-order valence-electron chi connectivity index (χ4n) is 1.80. The van der Waals surface area contributed by atoms with E-state index in [2.05, 4.69) is 0 Å². The van der Waals surface area contributed by atoms with Crippen molar-refractivity contribution in [2.75, 3.05) is 26.9 Å². The first-order chi connectivity index (χ1) is 5.83. The highest BCUT2D eigenvalue weighted by Gasteiger charge is 2.29. The molecule has 1 aliphatic rings. The molecule has 2 N–H and O–H groups in total. The van der Waals surface area contributed by atoms with Crippen LogP contribution in [0.15, 0.2) is 0 Å². The molecule has 0 bridgehead atoms. The van der Waals surface area contributed by atoms with Crippen LogP contribution in [0.5, 0.6) is 0 Å². The number of nitrogens with two attached hydrogens (primary N) is 1. The van der Waals surface area contributed by atoms with Crippen LogP contribution in [0, 0.1) is 0 Å². The van der Waals surface area contributed by atoms with Crippen molar-refractivity contribution in [3.05, 3.63) is 0 Å². The summed E-state index contributed by atoms with van der Waals surface area (Å²) in [5, 5.41) is 0. The summed E-state index contributed by atoms with van der Waals surface area (Å²) in [6, 6.07) is 0. The number of rotatable bonds is 3. The summed E-state index contributed by atoms with van der Waals surface area (Å²) >= 11 is 0. The van der Waals surface area contributed by atoms with Gasteiger partial charge in [-0.1, -0.05) is 0 Å². The largest absolute Gasteiger partial charge is 0.381 e. The fraction of sp³-hybridized carbons (Fsp3) is 1.00. The zero-order valence-electron chi connectivity index (χ0n) is 7.84. The molecule has 1 rings (SSSR count). The molecular weight excluding hydrogens is 154 g/mol. The molecule has 0 aromatic heterocycles. The van der Waals surface area contributed by atoms with E-state index in [1.807, 2.05) is 0 Å². The van der Waals surface area contributed by atoms with Crippen molar-refractivity contribution in [1.82, 2.24) is 0 Å². The van der Waals surface area contributed by atoms with E-state index < -0.39 is 0 Å². The first kappa shape index (κ1) is 9.96. The first-order valence-electron chi connectivity index (χ1n) is 4.66. The normalized spacial score (nSPS) is 31.5. The highest BCUT2D eigenvalue weighted by atomic mass is 16.5. The minimum absolute atomic E-state index is 0.00521. The van der Waals surface area contributed by atoms with Crippen molar-refractivity contribution in [1.29, 1.82) is 0 Å². The Hall–Kier alpha value is -0.120. The van der Waals surface area contributed by atoms with Crippen LogP contribution in [-0.4, -0.2) is 32.5 Å². The molecule has 0 aliphatic carbocycles. The summed E-state index contributed by atoms with van der Waals surface area (Å²) in [7, 11) is 1.78. The summed E-state index contributed by atoms with van der Waals surface area (Å²) in [6.45, 7) is 2.39. The Morgan fingerprint density at radius 3 is 2.92 bits per heavy atom. The van der Waals surface area contributed by atoms with Gasteiger partial charge in [0.05, 0.1) is 5.60 Å². The molecule has 0 aromatic rings. The van der Waals surface area contributed by atoms with Crippen molar-refractivity contribution < 1.29 is 9.47 Å². The van der Waals surface area contributed by atoms with Gasteiger partial charge in [0.1, 0.15) is 0 Å². The van der Waals surface area contributed by atoms with Gasteiger partial charge in [0.15, 0.2) is 0 Å². The molecule has 1 unspecified atom stereocenters. The molecule has 0 aromatic carbocycles. The Labute approximate surface area is 74.2 Å². The Morgan fingerprint density at radius 2 is 2.25 bits per heavy atom. The van der Waals surface area contributed by atoms with Crippen LogP contribution >= 0.6 is 0 Å². The average Bonchev–Trinajstić information content (AvgIpc) is 2.32. The lowest BCUT2D eigenvalue weighted by atomic mass is 9.91. The molecule has 3 nitrogen and oxygen atoms in total. The van der Waals surface area contributed by atoms with E-state index in [0.717, 1.165) is 38.9 Å². The molecule has 1 aliphatic heterocycles. The topological polar surface area (TPSA) is 44.5 Å². The number of hydrogen-bond acceptors (Lipinski definition) is 3. The predicted molar refractivity (Wildman–Crippen MR) is 48.1 cm³/mol. The molecule has 1 atom stereocenters. The summed E-state index contributed by atoms with van der Waals surface area (Å²) in [5.74, 6) is 0. The summed E-state index contributed by atoms with van der Waals surface area (Å²) in [6.07, 6.45) is 4.11. The van der Waals surface area contributed by atoms with E-state index in [1.165, 1.54) is 0 Å². The Kier molecular flexibility index (Phi) is 3.98. The highest BCUT2D eigenvalue weighted by molar-refractivity contribution is 4.82. The number of methoxy groups -OCH3 is 1. The Bertz CT molecular complexity index is 120. The molecule has 1 saturated heterocycles. The van der Waals surface area contributed by atoms with Crippen LogP contribution in [0.4, 0.5) is 0 Å². The van der Waals surface area contributed by atoms with Crippen molar-refractivity contribution in [3.63, 3.8) is 0 Å². The highest BCUT2D eigenvalue weighted by Crippen LogP contribution is 2.27. The van der Waals surface area contributed by atoms with Crippen LogP contribution < -0.4 is 5.73 Å². The van der Waals surface area contributed by atoms with Gasteiger partial charge in [-0.15, -0.1) is 0 Å². The quantitative estimate of drug-likeness (QED) is 0.690. The molecule has 72 valence electrons. The second kappa shape index (κ2) is 4.80. The Morgan fingerprint density at radius 1 is 1.42 bits per heavy atom. The third kappa shape index (κ3) is 2.44. The molecule has 0 radical (unpaired) electrons. The van der Waals surface area contributed by atoms with Gasteiger partial charge in [0, 0.05) is 20.3 Å². The van der Waals surface area contributed by atoms with Crippen LogP contribution in [0.1, 0.15) is 25.7 Å². The van der Waals surface area contributed by atoms with E-state index in [-0.39, 0.29) is 5.60 Å². The molecule has 0 saturated carbocycles. The number of hydrogen-bond donors (Lipinski definition) is 1. The summed E-state index contributed by atoms with van der Waals surface area (Å²) in [4.78, 5) is 0. The Balaban J connectivity index is 2.48. The molecule has 12 heavy (non-hydrogen) atoms. The fourth-order valence-corrected chi connectivity index (χ4v) is 1.80. The first-order valence-corrected chi connectivity index (χ1v) is 4.66. The van der Waals surface area contributed by atoms with Gasteiger partial charge in [-0.2, -0.15) is 0 Å². The maximum Gasteiger partial charge on any atom is 0.0713 e. The standard InChI is InChI=1S/C9H19NO2/c1-11-9(4-6-10)3-2-7-12-8-5-9/h2-8,10H2,1H3. The molecular formula is C9H19NO2. The van der Waals surface area contributed by atoms with Crippen LogP contribution in [0.25, 0.3) is 0 Å². The van der Waals surface area contributed by atoms with E-state index in [4.69, 9.17) is 15.2 Å². The minimum Gasteiger partial charge on any atom is -0.381 e. The molecule has 0 amide bonds. The third-order valence-corrected chi connectivity index (χ3v) is 2.66. The van der Waals surface area contributed by atoms with Crippen molar-refractivity contribution in [2.45, 2.75) is 31.3 Å². The van der Waals surface area contributed by atoms with Crippen LogP contribution in [-0.2, 0) is 9.47 Å². The van der Waals surface area contributed by atoms with E-state index in [1.54, 1.807) is 7.11 Å². The van der Waals surface area contributed by atoms with Crippen LogP contribution in [0.2, 0.25) is 0 Å². The lowest BCUT2D eigenvalue weighted by Crippen LogP contribution is -2.34. The van der Waals surface area contributed by atoms with Gasteiger partial charge in [-0.05, 0) is 32.2 Å². The monoisotopic (exact) mass is 173 g/mol. The van der Waals surface area contributed by atoms with Gasteiger partial charge in [-0.3, -0.25) is 0 Å². The lowest BCUT2D eigenvalue weighted by molar-refractivity contribution is -0.0306. The van der Waals surface area contributed by atoms with Gasteiger partial charge in [-0.25, -0.2) is 0 Å². The molecule has 3 heteroatoms. The minimum atomic E-state index is 0.00521. The van der Waals surface area contributed by atoms with Crippen LogP contribution in [0.3, 0.4) is 0 Å². The van der Waals surface area contributed by atoms with E-state index in [0.29, 0.717) is 6.54 Å². The molecule has 1 fully saturated rings. The third-order valence-electron chi connectivity index (χ3n) is 2.66. The second-order valence-electron chi connectivity index (χ2n) is 3.39. The zero-order chi connectivity index (χ0) is 8.86. The molecule has 0 spiro atoms. The van der Waals surface area contributed by atoms with E-state index >= 15 is 0 Å². The zero-order valence-corrected chi connectivity index (χ0v) is 7.84. The van der Waals surface area contributed by atoms with Gasteiger partial charge >= 0.3 is 0 Å². The van der Waals surface area contributed by atoms with Crippen molar-refractivity contribution in [2.24, 2.45) is 5.73 Å². The average molecular weight is 173 g/mol. The summed E-state index contributed by atoms with van der Waals surface area (Å²) < 4.78 is 10.9. The van der Waals surface area contributed by atoms with E-state index in [9.17, 15) is 0 Å². The maximum absolute atomic E-state index is 5.55. The van der Waals surface area contributed by atoms with Crippen molar-refractivity contribution >= 4 is 0 Å². The predicted octanol–water partition coefficient (Wildman–Crippen LogP) is 0.921. The van der Waals surface area contributed by atoms with Gasteiger partial charge < -0.3 is 15.2 Å². The molecule has 1 heterocycles.